The lowest BCUT2D eigenvalue weighted by atomic mass is 10.2. The number of halogens is 2. The maximum atomic E-state index is 14.1. The van der Waals surface area contributed by atoms with Crippen molar-refractivity contribution in [2.75, 3.05) is 30.4 Å². The first-order valence-electron chi connectivity index (χ1n) is 9.48. The maximum absolute atomic E-state index is 14.1. The van der Waals surface area contributed by atoms with Crippen LogP contribution in [0, 0.1) is 11.6 Å². The van der Waals surface area contributed by atoms with Crippen LogP contribution in [0.1, 0.15) is 30.2 Å². The van der Waals surface area contributed by atoms with Crippen LogP contribution in [0.2, 0.25) is 0 Å². The summed E-state index contributed by atoms with van der Waals surface area (Å²) in [6.45, 7) is 3.05. The van der Waals surface area contributed by atoms with Gasteiger partial charge in [0.05, 0.1) is 42.5 Å². The number of aryl methyl sites for hydroxylation is 1. The SMILES string of the molecule is COC1CN(c2nc(Cc3cn(C)cn3)nc(N[C@@H](C)c3ncc(F)cc3F)n2)C1. The van der Waals surface area contributed by atoms with Gasteiger partial charge < -0.3 is 19.5 Å². The van der Waals surface area contributed by atoms with Crippen molar-refractivity contribution < 1.29 is 13.5 Å². The summed E-state index contributed by atoms with van der Waals surface area (Å²) >= 11 is 0. The molecule has 1 atom stereocenters. The highest BCUT2D eigenvalue weighted by atomic mass is 19.1. The Morgan fingerprint density at radius 3 is 2.70 bits per heavy atom. The number of pyridine rings is 1. The van der Waals surface area contributed by atoms with Gasteiger partial charge in [0.25, 0.3) is 0 Å². The summed E-state index contributed by atoms with van der Waals surface area (Å²) in [6.07, 6.45) is 5.13. The van der Waals surface area contributed by atoms with Gasteiger partial charge in [-0.15, -0.1) is 0 Å². The third-order valence-electron chi connectivity index (χ3n) is 4.82. The van der Waals surface area contributed by atoms with Crippen LogP contribution in [-0.2, 0) is 18.2 Å². The summed E-state index contributed by atoms with van der Waals surface area (Å²) in [5, 5.41) is 3.05. The van der Waals surface area contributed by atoms with Gasteiger partial charge in [0.2, 0.25) is 11.9 Å². The van der Waals surface area contributed by atoms with Crippen molar-refractivity contribution in [3.05, 3.63) is 53.6 Å². The minimum Gasteiger partial charge on any atom is -0.378 e. The minimum absolute atomic E-state index is 0.0769. The molecule has 1 fully saturated rings. The van der Waals surface area contributed by atoms with Crippen molar-refractivity contribution in [1.82, 2.24) is 29.5 Å². The number of anilines is 2. The van der Waals surface area contributed by atoms with Gasteiger partial charge in [-0.3, -0.25) is 4.98 Å². The van der Waals surface area contributed by atoms with Crippen LogP contribution in [0.15, 0.2) is 24.8 Å². The van der Waals surface area contributed by atoms with Crippen molar-refractivity contribution in [3.63, 3.8) is 0 Å². The summed E-state index contributed by atoms with van der Waals surface area (Å²) in [5.41, 5.74) is 0.895. The second kappa shape index (κ2) is 8.27. The molecule has 158 valence electrons. The summed E-state index contributed by atoms with van der Waals surface area (Å²) in [4.78, 5) is 23.6. The normalized spacial score (nSPS) is 15.2. The monoisotopic (exact) mass is 416 g/mol. The molecule has 4 rings (SSSR count). The quantitative estimate of drug-likeness (QED) is 0.624. The molecule has 4 heterocycles. The Balaban J connectivity index is 1.59. The number of nitrogens with zero attached hydrogens (tertiary/aromatic N) is 7. The van der Waals surface area contributed by atoms with E-state index >= 15 is 0 Å². The highest BCUT2D eigenvalue weighted by Crippen LogP contribution is 2.23. The van der Waals surface area contributed by atoms with Crippen LogP contribution in [0.25, 0.3) is 0 Å². The van der Waals surface area contributed by atoms with Crippen molar-refractivity contribution in [2.24, 2.45) is 7.05 Å². The molecule has 9 nitrogen and oxygen atoms in total. The molecule has 0 radical (unpaired) electrons. The van der Waals surface area contributed by atoms with Crippen LogP contribution in [0.4, 0.5) is 20.7 Å². The number of imidazole rings is 1. The fourth-order valence-corrected chi connectivity index (χ4v) is 3.17. The fraction of sp³-hybridized carbons (Fsp3) is 0.421. The molecule has 1 saturated heterocycles. The number of hydrogen-bond acceptors (Lipinski definition) is 8. The van der Waals surface area contributed by atoms with Gasteiger partial charge in [0, 0.05) is 39.5 Å². The molecule has 0 spiro atoms. The molecule has 0 aromatic carbocycles. The van der Waals surface area contributed by atoms with Crippen molar-refractivity contribution in [2.45, 2.75) is 25.5 Å². The van der Waals surface area contributed by atoms with E-state index in [9.17, 15) is 8.78 Å². The van der Waals surface area contributed by atoms with Gasteiger partial charge in [0.1, 0.15) is 17.5 Å². The van der Waals surface area contributed by atoms with Crippen molar-refractivity contribution >= 4 is 11.9 Å². The molecular weight excluding hydrogens is 394 g/mol. The molecule has 0 saturated carbocycles. The third-order valence-corrected chi connectivity index (χ3v) is 4.82. The lowest BCUT2D eigenvalue weighted by molar-refractivity contribution is 0.0778. The summed E-state index contributed by atoms with van der Waals surface area (Å²) in [7, 11) is 3.56. The van der Waals surface area contributed by atoms with Crippen LogP contribution in [-0.4, -0.2) is 55.8 Å². The molecule has 30 heavy (non-hydrogen) atoms. The Morgan fingerprint density at radius 2 is 2.03 bits per heavy atom. The van der Waals surface area contributed by atoms with Gasteiger partial charge in [-0.2, -0.15) is 15.0 Å². The molecule has 3 aromatic rings. The molecule has 0 aliphatic carbocycles. The third kappa shape index (κ3) is 4.35. The highest BCUT2D eigenvalue weighted by Gasteiger charge is 2.29. The van der Waals surface area contributed by atoms with E-state index in [4.69, 9.17) is 4.74 Å². The Kier molecular flexibility index (Phi) is 5.53. The zero-order chi connectivity index (χ0) is 21.3. The first-order chi connectivity index (χ1) is 14.4. The van der Waals surface area contributed by atoms with Crippen LogP contribution < -0.4 is 10.2 Å². The topological polar surface area (TPSA) is 93.9 Å². The smallest absolute Gasteiger partial charge is 0.230 e. The summed E-state index contributed by atoms with van der Waals surface area (Å²) < 4.78 is 34.4. The molecule has 0 bridgehead atoms. The van der Waals surface area contributed by atoms with Crippen LogP contribution in [0.5, 0.6) is 0 Å². The molecule has 1 aliphatic heterocycles. The van der Waals surface area contributed by atoms with Gasteiger partial charge in [-0.25, -0.2) is 13.8 Å². The van der Waals surface area contributed by atoms with Crippen LogP contribution >= 0.6 is 0 Å². The first-order valence-corrected chi connectivity index (χ1v) is 9.48. The van der Waals surface area contributed by atoms with Crippen LogP contribution in [0.3, 0.4) is 0 Å². The van der Waals surface area contributed by atoms with E-state index in [0.29, 0.717) is 31.3 Å². The molecule has 1 aliphatic rings. The van der Waals surface area contributed by atoms with E-state index in [1.807, 2.05) is 22.7 Å². The molecule has 3 aromatic heterocycles. The van der Waals surface area contributed by atoms with E-state index in [1.165, 1.54) is 0 Å². The fourth-order valence-electron chi connectivity index (χ4n) is 3.17. The Hall–Kier alpha value is -3.21. The summed E-state index contributed by atoms with van der Waals surface area (Å²) in [5.74, 6) is -0.143. The number of aromatic nitrogens is 6. The predicted molar refractivity (Wildman–Crippen MR) is 105 cm³/mol. The first kappa shape index (κ1) is 20.1. The van der Waals surface area contributed by atoms with E-state index in [1.54, 1.807) is 20.4 Å². The average Bonchev–Trinajstić information content (AvgIpc) is 3.05. The lowest BCUT2D eigenvalue weighted by Crippen LogP contribution is -2.52. The van der Waals surface area contributed by atoms with Gasteiger partial charge in [0.15, 0.2) is 0 Å². The zero-order valence-corrected chi connectivity index (χ0v) is 16.9. The Bertz CT molecular complexity index is 1040. The minimum atomic E-state index is -0.733. The number of hydrogen-bond donors (Lipinski definition) is 1. The van der Waals surface area contributed by atoms with Gasteiger partial charge >= 0.3 is 0 Å². The van der Waals surface area contributed by atoms with E-state index in [2.05, 4.69) is 30.2 Å². The van der Waals surface area contributed by atoms with Gasteiger partial charge in [-0.1, -0.05) is 0 Å². The second-order valence-electron chi connectivity index (χ2n) is 7.23. The Labute approximate surface area is 172 Å². The Morgan fingerprint density at radius 1 is 1.23 bits per heavy atom. The zero-order valence-electron chi connectivity index (χ0n) is 16.9. The maximum Gasteiger partial charge on any atom is 0.230 e. The predicted octanol–water partition coefficient (Wildman–Crippen LogP) is 1.88. The standard InChI is InChI=1S/C19H22F2N8O/c1-11(17-15(21)4-12(20)6-22-17)24-18-25-16(5-13-7-28(2)10-23-13)26-19(27-18)29-8-14(9-29)30-3/h4,6-7,10-11,14H,5,8-9H2,1-3H3,(H,24,25,26,27)/t11-/m0/s1. The van der Waals surface area contributed by atoms with E-state index in [0.717, 1.165) is 18.0 Å². The van der Waals surface area contributed by atoms with Crippen molar-refractivity contribution in [1.29, 1.82) is 0 Å². The van der Waals surface area contributed by atoms with E-state index < -0.39 is 17.7 Å². The summed E-state index contributed by atoms with van der Waals surface area (Å²) in [6, 6.07) is 0.225. The van der Waals surface area contributed by atoms with E-state index in [-0.39, 0.29) is 17.7 Å². The second-order valence-corrected chi connectivity index (χ2v) is 7.23. The number of nitrogens with one attached hydrogen (secondary N) is 1. The average molecular weight is 416 g/mol. The lowest BCUT2D eigenvalue weighted by Gasteiger charge is -2.38. The number of rotatable bonds is 7. The van der Waals surface area contributed by atoms with Crippen molar-refractivity contribution in [3.8, 4) is 0 Å². The highest BCUT2D eigenvalue weighted by molar-refractivity contribution is 5.41. The molecular formula is C19H22F2N8O. The van der Waals surface area contributed by atoms with Gasteiger partial charge in [-0.05, 0) is 6.92 Å². The number of ether oxygens (including phenoxy) is 1. The molecule has 0 amide bonds. The molecule has 1 N–H and O–H groups in total. The largest absolute Gasteiger partial charge is 0.378 e. The molecule has 0 unspecified atom stereocenters. The number of methoxy groups -OCH3 is 1. The molecule has 11 heteroatoms.